The molecule has 90 valence electrons. The highest BCUT2D eigenvalue weighted by molar-refractivity contribution is 5.37. The van der Waals surface area contributed by atoms with Gasteiger partial charge >= 0.3 is 0 Å². The van der Waals surface area contributed by atoms with Gasteiger partial charge in [-0.2, -0.15) is 5.26 Å². The molecule has 0 aliphatic carbocycles. The Kier molecular flexibility index (Phi) is 3.90. The van der Waals surface area contributed by atoms with Crippen LogP contribution in [-0.4, -0.2) is 16.7 Å². The Morgan fingerprint density at radius 2 is 2.00 bits per heavy atom. The van der Waals surface area contributed by atoms with E-state index in [0.717, 1.165) is 5.56 Å². The zero-order valence-electron chi connectivity index (χ0n) is 9.71. The number of nitriles is 1. The third-order valence-electron chi connectivity index (χ3n) is 2.41. The first-order chi connectivity index (χ1) is 8.83. The smallest absolute Gasteiger partial charge is 0.220 e. The second-order valence-corrected chi connectivity index (χ2v) is 3.66. The van der Waals surface area contributed by atoms with Gasteiger partial charge in [0.05, 0.1) is 0 Å². The van der Waals surface area contributed by atoms with Crippen LogP contribution in [0.15, 0.2) is 42.5 Å². The summed E-state index contributed by atoms with van der Waals surface area (Å²) in [6, 6.07) is 14.4. The Morgan fingerprint density at radius 1 is 1.17 bits per heavy atom. The monoisotopic (exact) mass is 240 g/mol. The molecule has 2 rings (SSSR count). The summed E-state index contributed by atoms with van der Waals surface area (Å²) in [6.07, 6.45) is 0.522. The minimum Gasteiger partial charge on any atom is -0.439 e. The van der Waals surface area contributed by atoms with Gasteiger partial charge in [0.1, 0.15) is 17.5 Å². The fraction of sp³-hybridized carbons (Fsp3) is 0.143. The van der Waals surface area contributed by atoms with E-state index in [9.17, 15) is 0 Å². The summed E-state index contributed by atoms with van der Waals surface area (Å²) in [6.45, 7) is 0.0615. The maximum Gasteiger partial charge on any atom is 0.220 e. The molecule has 0 spiro atoms. The molecule has 4 heteroatoms. The van der Waals surface area contributed by atoms with Crippen LogP contribution in [0.3, 0.4) is 0 Å². The van der Waals surface area contributed by atoms with Gasteiger partial charge in [0.25, 0.3) is 0 Å². The van der Waals surface area contributed by atoms with Gasteiger partial charge in [0.2, 0.25) is 5.88 Å². The summed E-state index contributed by atoms with van der Waals surface area (Å²) in [7, 11) is 0. The molecule has 18 heavy (non-hydrogen) atoms. The summed E-state index contributed by atoms with van der Waals surface area (Å²) in [5, 5.41) is 17.7. The highest BCUT2D eigenvalue weighted by Crippen LogP contribution is 2.24. The first-order valence-electron chi connectivity index (χ1n) is 5.57. The van der Waals surface area contributed by atoms with Crippen molar-refractivity contribution >= 4 is 0 Å². The van der Waals surface area contributed by atoms with E-state index >= 15 is 0 Å². The molecule has 2 aromatic rings. The van der Waals surface area contributed by atoms with Crippen LogP contribution in [0.5, 0.6) is 11.6 Å². The maximum absolute atomic E-state index is 8.98. The first-order valence-corrected chi connectivity index (χ1v) is 5.57. The molecular weight excluding hydrogens is 228 g/mol. The van der Waals surface area contributed by atoms with Gasteiger partial charge in [-0.15, -0.1) is 0 Å². The van der Waals surface area contributed by atoms with Gasteiger partial charge in [-0.1, -0.05) is 24.3 Å². The van der Waals surface area contributed by atoms with Crippen LogP contribution in [0.1, 0.15) is 11.3 Å². The number of aliphatic hydroxyl groups is 1. The van der Waals surface area contributed by atoms with Crippen molar-refractivity contribution in [2.24, 2.45) is 0 Å². The van der Waals surface area contributed by atoms with Gasteiger partial charge in [-0.3, -0.25) is 0 Å². The van der Waals surface area contributed by atoms with Crippen molar-refractivity contribution in [2.75, 3.05) is 6.61 Å². The number of aliphatic hydroxyl groups excluding tert-OH is 1. The predicted molar refractivity (Wildman–Crippen MR) is 66.3 cm³/mol. The second kappa shape index (κ2) is 5.80. The predicted octanol–water partition coefficient (Wildman–Crippen LogP) is 2.28. The van der Waals surface area contributed by atoms with Crippen LogP contribution in [0.2, 0.25) is 0 Å². The van der Waals surface area contributed by atoms with Crippen LogP contribution < -0.4 is 4.74 Å². The molecule has 0 saturated carbocycles. The van der Waals surface area contributed by atoms with Crippen molar-refractivity contribution in [1.82, 2.24) is 4.98 Å². The number of benzene rings is 1. The second-order valence-electron chi connectivity index (χ2n) is 3.66. The Bertz CT molecular complexity index is 576. The number of hydrogen-bond acceptors (Lipinski definition) is 4. The molecule has 0 unspecified atom stereocenters. The average molecular weight is 240 g/mol. The molecular formula is C14H12N2O2. The molecule has 0 bridgehead atoms. The van der Waals surface area contributed by atoms with E-state index in [1.807, 2.05) is 30.3 Å². The number of ether oxygens (including phenoxy) is 1. The van der Waals surface area contributed by atoms with E-state index < -0.39 is 0 Å². The minimum absolute atomic E-state index is 0.0615. The summed E-state index contributed by atoms with van der Waals surface area (Å²) in [4.78, 5) is 4.04. The summed E-state index contributed by atoms with van der Waals surface area (Å²) < 4.78 is 5.63. The number of para-hydroxylation sites is 1. The number of aromatic nitrogens is 1. The van der Waals surface area contributed by atoms with Crippen LogP contribution >= 0.6 is 0 Å². The average Bonchev–Trinajstić information content (AvgIpc) is 2.41. The van der Waals surface area contributed by atoms with Gasteiger partial charge in [0, 0.05) is 12.7 Å². The lowest BCUT2D eigenvalue weighted by molar-refractivity contribution is 0.297. The van der Waals surface area contributed by atoms with Crippen LogP contribution in [0, 0.1) is 11.3 Å². The summed E-state index contributed by atoms with van der Waals surface area (Å²) >= 11 is 0. The molecule has 1 heterocycles. The maximum atomic E-state index is 8.98. The largest absolute Gasteiger partial charge is 0.439 e. The number of pyridine rings is 1. The molecule has 4 nitrogen and oxygen atoms in total. The van der Waals surface area contributed by atoms with Crippen molar-refractivity contribution in [1.29, 1.82) is 5.26 Å². The quantitative estimate of drug-likeness (QED) is 0.890. The van der Waals surface area contributed by atoms with Gasteiger partial charge < -0.3 is 9.84 Å². The third-order valence-corrected chi connectivity index (χ3v) is 2.41. The fourth-order valence-electron chi connectivity index (χ4n) is 1.58. The molecule has 1 aromatic heterocycles. The molecule has 0 atom stereocenters. The highest BCUT2D eigenvalue weighted by atomic mass is 16.5. The van der Waals surface area contributed by atoms with E-state index in [-0.39, 0.29) is 6.61 Å². The molecule has 0 fully saturated rings. The lowest BCUT2D eigenvalue weighted by Gasteiger charge is -2.09. The van der Waals surface area contributed by atoms with Crippen molar-refractivity contribution in [3.63, 3.8) is 0 Å². The highest BCUT2D eigenvalue weighted by Gasteiger charge is 2.05. The topological polar surface area (TPSA) is 66.1 Å². The molecule has 0 aliphatic heterocycles. The van der Waals surface area contributed by atoms with Crippen molar-refractivity contribution < 1.29 is 9.84 Å². The minimum atomic E-state index is 0.0615. The third kappa shape index (κ3) is 2.84. The van der Waals surface area contributed by atoms with Gasteiger partial charge in [0.15, 0.2) is 0 Å². The van der Waals surface area contributed by atoms with E-state index in [4.69, 9.17) is 15.1 Å². The molecule has 1 aromatic carbocycles. The van der Waals surface area contributed by atoms with Gasteiger partial charge in [-0.25, -0.2) is 4.98 Å². The number of nitrogens with zero attached hydrogens (tertiary/aromatic N) is 2. The van der Waals surface area contributed by atoms with Crippen molar-refractivity contribution in [2.45, 2.75) is 6.42 Å². The fourth-order valence-corrected chi connectivity index (χ4v) is 1.58. The van der Waals surface area contributed by atoms with E-state index in [1.54, 1.807) is 18.2 Å². The number of rotatable bonds is 4. The first kappa shape index (κ1) is 12.1. The SMILES string of the molecule is N#Cc1cccc(Oc2ccccc2CCO)n1. The van der Waals surface area contributed by atoms with E-state index in [2.05, 4.69) is 4.98 Å². The van der Waals surface area contributed by atoms with Crippen LogP contribution in [0.25, 0.3) is 0 Å². The normalized spacial score (nSPS) is 9.78. The molecule has 0 aliphatic rings. The van der Waals surface area contributed by atoms with Crippen LogP contribution in [-0.2, 0) is 6.42 Å². The summed E-state index contributed by atoms with van der Waals surface area (Å²) in [5.41, 5.74) is 1.22. The molecule has 0 radical (unpaired) electrons. The lowest BCUT2D eigenvalue weighted by atomic mass is 10.1. The zero-order chi connectivity index (χ0) is 12.8. The van der Waals surface area contributed by atoms with Crippen LogP contribution in [0.4, 0.5) is 0 Å². The standard InChI is InChI=1S/C14H12N2O2/c15-10-12-5-3-7-14(16-12)18-13-6-2-1-4-11(13)8-9-17/h1-7,17H,8-9H2. The Balaban J connectivity index is 2.25. The Labute approximate surface area is 105 Å². The Morgan fingerprint density at radius 3 is 2.78 bits per heavy atom. The molecule has 1 N–H and O–H groups in total. The number of hydrogen-bond donors (Lipinski definition) is 1. The summed E-state index contributed by atoms with van der Waals surface area (Å²) in [5.74, 6) is 1.02. The lowest BCUT2D eigenvalue weighted by Crippen LogP contribution is -1.96. The van der Waals surface area contributed by atoms with E-state index in [1.165, 1.54) is 0 Å². The van der Waals surface area contributed by atoms with Gasteiger partial charge in [-0.05, 0) is 24.1 Å². The van der Waals surface area contributed by atoms with E-state index in [0.29, 0.717) is 23.7 Å². The molecule has 0 saturated heterocycles. The Hall–Kier alpha value is -2.38. The van der Waals surface area contributed by atoms with Crippen molar-refractivity contribution in [3.05, 3.63) is 53.7 Å². The molecule has 0 amide bonds. The van der Waals surface area contributed by atoms with Crippen molar-refractivity contribution in [3.8, 4) is 17.7 Å². The zero-order valence-corrected chi connectivity index (χ0v) is 9.71.